The van der Waals surface area contributed by atoms with E-state index in [1.807, 2.05) is 36.4 Å². The third kappa shape index (κ3) is 4.75. The van der Waals surface area contributed by atoms with E-state index >= 15 is 0 Å². The highest BCUT2D eigenvalue weighted by Gasteiger charge is 2.38. The number of primary amides is 1. The Hall–Kier alpha value is -4.04. The van der Waals surface area contributed by atoms with Crippen molar-refractivity contribution in [3.05, 3.63) is 83.4 Å². The van der Waals surface area contributed by atoms with Crippen molar-refractivity contribution in [3.63, 3.8) is 0 Å². The number of nitrogens with one attached hydrogen (secondary N) is 2. The van der Waals surface area contributed by atoms with Gasteiger partial charge in [0, 0.05) is 29.4 Å². The Bertz CT molecular complexity index is 1150. The second kappa shape index (κ2) is 9.62. The van der Waals surface area contributed by atoms with Crippen LogP contribution in [0.4, 0.5) is 5.69 Å². The fourth-order valence-corrected chi connectivity index (χ4v) is 3.78. The summed E-state index contributed by atoms with van der Waals surface area (Å²) in [6.45, 7) is 0.430. The Labute approximate surface area is 191 Å². The summed E-state index contributed by atoms with van der Waals surface area (Å²) >= 11 is 0. The molecule has 0 bridgehead atoms. The van der Waals surface area contributed by atoms with Gasteiger partial charge in [-0.3, -0.25) is 9.59 Å². The predicted octanol–water partition coefficient (Wildman–Crippen LogP) is 3.03. The van der Waals surface area contributed by atoms with E-state index in [2.05, 4.69) is 10.6 Å². The summed E-state index contributed by atoms with van der Waals surface area (Å²) in [4.78, 5) is 24.4. The van der Waals surface area contributed by atoms with Gasteiger partial charge in [0.25, 0.3) is 5.91 Å². The zero-order chi connectivity index (χ0) is 23.4. The summed E-state index contributed by atoms with van der Waals surface area (Å²) in [7, 11) is 3.11. The number of anilines is 1. The van der Waals surface area contributed by atoms with E-state index in [1.165, 1.54) is 0 Å². The topological polar surface area (TPSA) is 112 Å². The van der Waals surface area contributed by atoms with Gasteiger partial charge in [0.2, 0.25) is 5.91 Å². The minimum Gasteiger partial charge on any atom is -0.493 e. The number of para-hydroxylation sites is 1. The lowest BCUT2D eigenvalue weighted by molar-refractivity contribution is -0.124. The number of ether oxygens (including phenoxy) is 3. The van der Waals surface area contributed by atoms with Gasteiger partial charge in [-0.15, -0.1) is 0 Å². The smallest absolute Gasteiger partial charge is 0.267 e. The zero-order valence-corrected chi connectivity index (χ0v) is 18.3. The van der Waals surface area contributed by atoms with Crippen molar-refractivity contribution in [2.75, 3.05) is 19.5 Å². The van der Waals surface area contributed by atoms with Crippen LogP contribution in [0.5, 0.6) is 17.2 Å². The molecular weight excluding hydrogens is 422 g/mol. The van der Waals surface area contributed by atoms with Crippen LogP contribution in [0.15, 0.2) is 66.7 Å². The average Bonchev–Trinajstić information content (AvgIpc) is 2.84. The van der Waals surface area contributed by atoms with Crippen molar-refractivity contribution in [2.24, 2.45) is 5.73 Å². The quantitative estimate of drug-likeness (QED) is 0.489. The molecule has 1 heterocycles. The zero-order valence-electron chi connectivity index (χ0n) is 18.3. The molecule has 0 fully saturated rings. The van der Waals surface area contributed by atoms with Gasteiger partial charge in [0.15, 0.2) is 17.6 Å². The van der Waals surface area contributed by atoms with Crippen LogP contribution < -0.4 is 30.6 Å². The number of hydrogen-bond donors (Lipinski definition) is 3. The molecule has 33 heavy (non-hydrogen) atoms. The van der Waals surface area contributed by atoms with E-state index in [4.69, 9.17) is 19.9 Å². The first-order chi connectivity index (χ1) is 16.0. The normalized spacial score (nSPS) is 17.0. The fraction of sp³-hybridized carbons (Fsp3) is 0.200. The molecule has 8 nitrogen and oxygen atoms in total. The van der Waals surface area contributed by atoms with Gasteiger partial charge in [0.1, 0.15) is 5.75 Å². The molecule has 0 aromatic heterocycles. The van der Waals surface area contributed by atoms with Crippen molar-refractivity contribution >= 4 is 17.5 Å². The highest BCUT2D eigenvalue weighted by molar-refractivity contribution is 5.99. The Balaban J connectivity index is 1.67. The van der Waals surface area contributed by atoms with Gasteiger partial charge >= 0.3 is 0 Å². The van der Waals surface area contributed by atoms with E-state index in [0.717, 1.165) is 11.1 Å². The largest absolute Gasteiger partial charge is 0.493 e. The highest BCUT2D eigenvalue weighted by atomic mass is 16.5. The second-order valence-corrected chi connectivity index (χ2v) is 7.55. The fourth-order valence-electron chi connectivity index (χ4n) is 3.78. The summed E-state index contributed by atoms with van der Waals surface area (Å²) < 4.78 is 17.0. The Morgan fingerprint density at radius 3 is 2.30 bits per heavy atom. The number of amides is 2. The molecular formula is C25H25N3O5. The maximum absolute atomic E-state index is 13.1. The Kier molecular flexibility index (Phi) is 6.46. The van der Waals surface area contributed by atoms with E-state index < -0.39 is 18.1 Å². The number of rotatable bonds is 8. The van der Waals surface area contributed by atoms with E-state index in [0.29, 0.717) is 35.0 Å². The molecule has 0 unspecified atom stereocenters. The third-order valence-corrected chi connectivity index (χ3v) is 5.48. The molecule has 0 saturated carbocycles. The van der Waals surface area contributed by atoms with E-state index in [9.17, 15) is 9.59 Å². The van der Waals surface area contributed by atoms with Crippen molar-refractivity contribution in [2.45, 2.75) is 18.7 Å². The van der Waals surface area contributed by atoms with Crippen molar-refractivity contribution in [1.82, 2.24) is 5.32 Å². The SMILES string of the molecule is COc1cc2c(cc1OC)[C@H](NCc1ccc(C(N)=O)cc1)[C@@H](Oc1ccccc1)C(=O)N2. The van der Waals surface area contributed by atoms with Crippen LogP contribution in [0.1, 0.15) is 27.5 Å². The molecule has 1 aliphatic heterocycles. The van der Waals surface area contributed by atoms with Crippen LogP contribution >= 0.6 is 0 Å². The third-order valence-electron chi connectivity index (χ3n) is 5.48. The number of nitrogens with two attached hydrogens (primary N) is 1. The molecule has 4 rings (SSSR count). The van der Waals surface area contributed by atoms with Gasteiger partial charge in [-0.25, -0.2) is 0 Å². The van der Waals surface area contributed by atoms with Crippen molar-refractivity contribution in [3.8, 4) is 17.2 Å². The Morgan fingerprint density at radius 2 is 1.67 bits per heavy atom. The molecule has 170 valence electrons. The summed E-state index contributed by atoms with van der Waals surface area (Å²) in [6, 6.07) is 19.3. The van der Waals surface area contributed by atoms with Crippen LogP contribution in [0.25, 0.3) is 0 Å². The lowest BCUT2D eigenvalue weighted by atomic mass is 9.93. The van der Waals surface area contributed by atoms with Crippen LogP contribution in [0.2, 0.25) is 0 Å². The van der Waals surface area contributed by atoms with Crippen LogP contribution in [0.3, 0.4) is 0 Å². The Morgan fingerprint density at radius 1 is 1.00 bits per heavy atom. The molecule has 8 heteroatoms. The van der Waals surface area contributed by atoms with Gasteiger partial charge < -0.3 is 30.6 Å². The number of carbonyl (C=O) groups excluding carboxylic acids is 2. The molecule has 3 aromatic carbocycles. The molecule has 0 radical (unpaired) electrons. The summed E-state index contributed by atoms with van der Waals surface area (Å²) in [5.74, 6) is 0.882. The van der Waals surface area contributed by atoms with Crippen molar-refractivity contribution in [1.29, 1.82) is 0 Å². The standard InChI is InChI=1S/C25H25N3O5/c1-31-20-12-18-19(13-21(20)32-2)28-25(30)23(33-17-6-4-3-5-7-17)22(18)27-14-15-8-10-16(11-9-15)24(26)29/h3-13,22-23,27H,14H2,1-2H3,(H2,26,29)(H,28,30)/t22-,23+/m0/s1. The molecule has 1 aliphatic rings. The average molecular weight is 447 g/mol. The van der Waals surface area contributed by atoms with Crippen molar-refractivity contribution < 1.29 is 23.8 Å². The lowest BCUT2D eigenvalue weighted by Crippen LogP contribution is -2.47. The summed E-state index contributed by atoms with van der Waals surface area (Å²) in [6.07, 6.45) is -0.831. The maximum Gasteiger partial charge on any atom is 0.267 e. The second-order valence-electron chi connectivity index (χ2n) is 7.55. The number of hydrogen-bond acceptors (Lipinski definition) is 6. The number of fused-ring (bicyclic) bond motifs is 1. The lowest BCUT2D eigenvalue weighted by Gasteiger charge is -2.34. The van der Waals surface area contributed by atoms with Crippen LogP contribution in [0, 0.1) is 0 Å². The molecule has 2 atom stereocenters. The molecule has 2 amide bonds. The molecule has 0 saturated heterocycles. The van der Waals surface area contributed by atoms with Crippen LogP contribution in [-0.2, 0) is 11.3 Å². The molecule has 3 aromatic rings. The first-order valence-corrected chi connectivity index (χ1v) is 10.4. The van der Waals surface area contributed by atoms with Gasteiger partial charge in [0.05, 0.1) is 20.3 Å². The van der Waals surface area contributed by atoms with Gasteiger partial charge in [-0.2, -0.15) is 0 Å². The highest BCUT2D eigenvalue weighted by Crippen LogP contribution is 2.40. The van der Waals surface area contributed by atoms with E-state index in [1.54, 1.807) is 44.6 Å². The summed E-state index contributed by atoms with van der Waals surface area (Å²) in [5, 5.41) is 6.35. The predicted molar refractivity (Wildman–Crippen MR) is 124 cm³/mol. The van der Waals surface area contributed by atoms with Crippen LogP contribution in [-0.4, -0.2) is 32.1 Å². The molecule has 0 aliphatic carbocycles. The minimum atomic E-state index is -0.831. The minimum absolute atomic E-state index is 0.278. The van der Waals surface area contributed by atoms with E-state index in [-0.39, 0.29) is 5.91 Å². The number of benzene rings is 3. The first-order valence-electron chi connectivity index (χ1n) is 10.4. The summed E-state index contributed by atoms with van der Waals surface area (Å²) in [5.41, 5.74) is 8.11. The molecule has 0 spiro atoms. The monoisotopic (exact) mass is 447 g/mol. The number of carbonyl (C=O) groups is 2. The first kappa shape index (κ1) is 22.2. The maximum atomic E-state index is 13.1. The molecule has 4 N–H and O–H groups in total. The van der Waals surface area contributed by atoms with Gasteiger partial charge in [-0.05, 0) is 35.9 Å². The van der Waals surface area contributed by atoms with Gasteiger partial charge in [-0.1, -0.05) is 30.3 Å². The number of methoxy groups -OCH3 is 2.